The monoisotopic (exact) mass is 237 g/mol. The number of hydrogen-bond acceptors (Lipinski definition) is 3. The van der Waals surface area contributed by atoms with Crippen molar-refractivity contribution in [2.45, 2.75) is 32.6 Å². The average Bonchev–Trinajstić information content (AvgIpc) is 2.32. The summed E-state index contributed by atoms with van der Waals surface area (Å²) in [5.41, 5.74) is 2.36. The third-order valence-electron chi connectivity index (χ3n) is 2.77. The van der Waals surface area contributed by atoms with E-state index in [-0.39, 0.29) is 5.60 Å². The standard InChI is InChI=1S/C14H23NO2/c1-14(2,17-4)11-15-9-12-5-7-13(8-6-12)10-16-3/h5-8,15H,9-11H2,1-4H3. The highest BCUT2D eigenvalue weighted by molar-refractivity contribution is 5.21. The predicted molar refractivity (Wildman–Crippen MR) is 69.9 cm³/mol. The third kappa shape index (κ3) is 5.31. The van der Waals surface area contributed by atoms with Gasteiger partial charge in [0.15, 0.2) is 0 Å². The lowest BCUT2D eigenvalue weighted by atomic mass is 10.1. The Morgan fingerprint density at radius 2 is 1.65 bits per heavy atom. The molecular weight excluding hydrogens is 214 g/mol. The highest BCUT2D eigenvalue weighted by Gasteiger charge is 2.14. The topological polar surface area (TPSA) is 30.5 Å². The maximum absolute atomic E-state index is 5.35. The van der Waals surface area contributed by atoms with Crippen molar-refractivity contribution in [1.82, 2.24) is 5.32 Å². The van der Waals surface area contributed by atoms with Gasteiger partial charge in [0.25, 0.3) is 0 Å². The van der Waals surface area contributed by atoms with Crippen molar-refractivity contribution in [2.24, 2.45) is 0 Å². The highest BCUT2D eigenvalue weighted by Crippen LogP contribution is 2.07. The Kier molecular flexibility index (Phi) is 5.62. The Hall–Kier alpha value is -0.900. The summed E-state index contributed by atoms with van der Waals surface area (Å²) >= 11 is 0. The summed E-state index contributed by atoms with van der Waals surface area (Å²) in [4.78, 5) is 0. The van der Waals surface area contributed by atoms with Crippen molar-refractivity contribution >= 4 is 0 Å². The number of hydrogen-bond donors (Lipinski definition) is 1. The van der Waals surface area contributed by atoms with Crippen LogP contribution >= 0.6 is 0 Å². The zero-order valence-electron chi connectivity index (χ0n) is 11.2. The van der Waals surface area contributed by atoms with Crippen LogP contribution in [0.2, 0.25) is 0 Å². The van der Waals surface area contributed by atoms with Crippen LogP contribution in [0.5, 0.6) is 0 Å². The second-order valence-electron chi connectivity index (χ2n) is 4.82. The molecule has 17 heavy (non-hydrogen) atoms. The molecule has 0 bridgehead atoms. The fourth-order valence-corrected chi connectivity index (χ4v) is 1.50. The van der Waals surface area contributed by atoms with Crippen LogP contribution < -0.4 is 5.32 Å². The van der Waals surface area contributed by atoms with Crippen LogP contribution in [-0.2, 0) is 22.6 Å². The number of methoxy groups -OCH3 is 2. The zero-order valence-corrected chi connectivity index (χ0v) is 11.2. The molecule has 0 atom stereocenters. The molecule has 0 heterocycles. The number of nitrogens with one attached hydrogen (secondary N) is 1. The molecule has 0 aliphatic carbocycles. The predicted octanol–water partition coefficient (Wildman–Crippen LogP) is 2.35. The Balaban J connectivity index is 2.37. The van der Waals surface area contributed by atoms with E-state index < -0.39 is 0 Å². The van der Waals surface area contributed by atoms with Crippen LogP contribution in [0.15, 0.2) is 24.3 Å². The maximum atomic E-state index is 5.35. The smallest absolute Gasteiger partial charge is 0.0746 e. The van der Waals surface area contributed by atoms with Gasteiger partial charge in [0.2, 0.25) is 0 Å². The highest BCUT2D eigenvalue weighted by atomic mass is 16.5. The molecule has 3 nitrogen and oxygen atoms in total. The lowest BCUT2D eigenvalue weighted by molar-refractivity contribution is 0.0230. The molecule has 0 radical (unpaired) electrons. The molecule has 1 N–H and O–H groups in total. The van der Waals surface area contributed by atoms with E-state index in [0.29, 0.717) is 6.61 Å². The zero-order chi connectivity index (χ0) is 12.7. The first-order chi connectivity index (χ1) is 8.07. The van der Waals surface area contributed by atoms with Gasteiger partial charge in [-0.1, -0.05) is 24.3 Å². The summed E-state index contributed by atoms with van der Waals surface area (Å²) in [6.45, 7) is 6.51. The molecule has 0 saturated carbocycles. The van der Waals surface area contributed by atoms with Gasteiger partial charge in [0, 0.05) is 27.3 Å². The average molecular weight is 237 g/mol. The lowest BCUT2D eigenvalue weighted by Crippen LogP contribution is -2.36. The van der Waals surface area contributed by atoms with E-state index in [1.807, 2.05) is 0 Å². The molecule has 0 saturated heterocycles. The first-order valence-electron chi connectivity index (χ1n) is 5.90. The summed E-state index contributed by atoms with van der Waals surface area (Å²) in [5, 5.41) is 3.39. The normalized spacial score (nSPS) is 11.8. The minimum absolute atomic E-state index is 0.115. The number of ether oxygens (including phenoxy) is 2. The Morgan fingerprint density at radius 1 is 1.06 bits per heavy atom. The first kappa shape index (κ1) is 14.2. The van der Waals surface area contributed by atoms with E-state index >= 15 is 0 Å². The molecule has 0 aliphatic heterocycles. The van der Waals surface area contributed by atoms with Crippen LogP contribution in [0.1, 0.15) is 25.0 Å². The van der Waals surface area contributed by atoms with Crippen molar-refractivity contribution in [3.63, 3.8) is 0 Å². The molecule has 0 spiro atoms. The van der Waals surface area contributed by atoms with Crippen LogP contribution in [0.25, 0.3) is 0 Å². The van der Waals surface area contributed by atoms with Crippen LogP contribution in [0, 0.1) is 0 Å². The van der Waals surface area contributed by atoms with Crippen LogP contribution in [0.4, 0.5) is 0 Å². The molecule has 1 aromatic carbocycles. The summed E-state index contributed by atoms with van der Waals surface area (Å²) in [7, 11) is 3.45. The Morgan fingerprint density at radius 3 is 2.18 bits per heavy atom. The van der Waals surface area contributed by atoms with Crippen molar-refractivity contribution in [3.05, 3.63) is 35.4 Å². The second-order valence-corrected chi connectivity index (χ2v) is 4.82. The molecule has 0 unspecified atom stereocenters. The van der Waals surface area contributed by atoms with E-state index in [9.17, 15) is 0 Å². The molecule has 1 aromatic rings. The summed E-state index contributed by atoms with van der Waals surface area (Å²) in [6, 6.07) is 8.45. The molecule has 0 fully saturated rings. The van der Waals surface area contributed by atoms with E-state index in [4.69, 9.17) is 9.47 Å². The second kappa shape index (κ2) is 6.74. The summed E-state index contributed by atoms with van der Waals surface area (Å²) in [6.07, 6.45) is 0. The van der Waals surface area contributed by atoms with E-state index in [2.05, 4.69) is 43.4 Å². The molecule has 0 aromatic heterocycles. The van der Waals surface area contributed by atoms with Crippen molar-refractivity contribution in [3.8, 4) is 0 Å². The number of rotatable bonds is 7. The molecule has 1 rings (SSSR count). The minimum Gasteiger partial charge on any atom is -0.380 e. The molecule has 0 aliphatic rings. The first-order valence-corrected chi connectivity index (χ1v) is 5.90. The van der Waals surface area contributed by atoms with Crippen molar-refractivity contribution in [2.75, 3.05) is 20.8 Å². The Bertz CT molecular complexity index is 319. The summed E-state index contributed by atoms with van der Waals surface area (Å²) < 4.78 is 10.4. The fourth-order valence-electron chi connectivity index (χ4n) is 1.50. The van der Waals surface area contributed by atoms with Gasteiger partial charge >= 0.3 is 0 Å². The van der Waals surface area contributed by atoms with Gasteiger partial charge in [-0.25, -0.2) is 0 Å². The largest absolute Gasteiger partial charge is 0.380 e. The SMILES string of the molecule is COCc1ccc(CNCC(C)(C)OC)cc1. The van der Waals surface area contributed by atoms with E-state index in [1.165, 1.54) is 11.1 Å². The van der Waals surface area contributed by atoms with Crippen LogP contribution in [0.3, 0.4) is 0 Å². The van der Waals surface area contributed by atoms with Gasteiger partial charge in [-0.3, -0.25) is 0 Å². The van der Waals surface area contributed by atoms with E-state index in [0.717, 1.165) is 13.1 Å². The lowest BCUT2D eigenvalue weighted by Gasteiger charge is -2.23. The van der Waals surface area contributed by atoms with Gasteiger partial charge in [-0.15, -0.1) is 0 Å². The van der Waals surface area contributed by atoms with Gasteiger partial charge in [-0.2, -0.15) is 0 Å². The number of benzene rings is 1. The van der Waals surface area contributed by atoms with Gasteiger partial charge in [0.05, 0.1) is 12.2 Å². The van der Waals surface area contributed by atoms with Crippen molar-refractivity contribution < 1.29 is 9.47 Å². The third-order valence-corrected chi connectivity index (χ3v) is 2.77. The molecular formula is C14H23NO2. The van der Waals surface area contributed by atoms with Crippen LogP contribution in [-0.4, -0.2) is 26.4 Å². The molecule has 3 heteroatoms. The fraction of sp³-hybridized carbons (Fsp3) is 0.571. The van der Waals surface area contributed by atoms with Gasteiger partial charge in [0.1, 0.15) is 0 Å². The quantitative estimate of drug-likeness (QED) is 0.789. The summed E-state index contributed by atoms with van der Waals surface area (Å²) in [5.74, 6) is 0. The minimum atomic E-state index is -0.115. The van der Waals surface area contributed by atoms with Gasteiger partial charge < -0.3 is 14.8 Å². The van der Waals surface area contributed by atoms with E-state index in [1.54, 1.807) is 14.2 Å². The Labute approximate surface area is 104 Å². The molecule has 0 amide bonds. The van der Waals surface area contributed by atoms with Gasteiger partial charge in [-0.05, 0) is 25.0 Å². The molecule has 96 valence electrons. The van der Waals surface area contributed by atoms with Crippen molar-refractivity contribution in [1.29, 1.82) is 0 Å². The maximum Gasteiger partial charge on any atom is 0.0746 e.